The van der Waals surface area contributed by atoms with Crippen molar-refractivity contribution < 1.29 is 4.21 Å². The summed E-state index contributed by atoms with van der Waals surface area (Å²) in [5.41, 5.74) is 2.11. The molecule has 1 unspecified atom stereocenters. The molecule has 0 aromatic carbocycles. The minimum Gasteiger partial charge on any atom is -0.255 e. The molecule has 0 spiro atoms. The first-order valence-electron chi connectivity index (χ1n) is 5.22. The fraction of sp³-hybridized carbons (Fsp3) is 0.455. The van der Waals surface area contributed by atoms with E-state index in [0.29, 0.717) is 0 Å². The Hall–Kier alpha value is -0.810. The highest BCUT2D eigenvalue weighted by atomic mass is 32.2. The van der Waals surface area contributed by atoms with Gasteiger partial charge in [-0.15, -0.1) is 16.4 Å². The summed E-state index contributed by atoms with van der Waals surface area (Å²) in [5, 5.41) is 8.08. The lowest BCUT2D eigenvalue weighted by Gasteiger charge is -1.96. The van der Waals surface area contributed by atoms with Crippen molar-refractivity contribution in [2.75, 3.05) is 6.26 Å². The smallest absolute Gasteiger partial charge is 0.108 e. The van der Waals surface area contributed by atoms with E-state index < -0.39 is 10.8 Å². The van der Waals surface area contributed by atoms with E-state index in [0.717, 1.165) is 28.0 Å². The second kappa shape index (κ2) is 4.59. The van der Waals surface area contributed by atoms with Crippen LogP contribution in [0, 0.1) is 6.92 Å². The number of nitrogens with zero attached hydrogens (tertiary/aromatic N) is 2. The Labute approximate surface area is 101 Å². The quantitative estimate of drug-likeness (QED) is 0.845. The van der Waals surface area contributed by atoms with Gasteiger partial charge in [0.05, 0.1) is 26.6 Å². The van der Waals surface area contributed by atoms with Crippen LogP contribution < -0.4 is 0 Å². The number of aryl methyl sites for hydroxylation is 2. The Bertz CT molecular complexity index is 548. The van der Waals surface area contributed by atoms with Gasteiger partial charge >= 0.3 is 0 Å². The van der Waals surface area contributed by atoms with E-state index in [1.807, 2.05) is 0 Å². The molecule has 2 rings (SSSR count). The van der Waals surface area contributed by atoms with E-state index in [4.69, 9.17) is 0 Å². The van der Waals surface area contributed by atoms with Gasteiger partial charge in [0, 0.05) is 11.1 Å². The van der Waals surface area contributed by atoms with Crippen LogP contribution in [0.25, 0.3) is 10.2 Å². The topological polar surface area (TPSA) is 42.9 Å². The molecule has 0 radical (unpaired) electrons. The Morgan fingerprint density at radius 2 is 2.25 bits per heavy atom. The third-order valence-electron chi connectivity index (χ3n) is 2.56. The second-order valence-electron chi connectivity index (χ2n) is 3.74. The zero-order valence-corrected chi connectivity index (χ0v) is 11.2. The molecule has 0 bridgehead atoms. The SMILES string of the molecule is CCCc1sc2c(S(C)=O)cnnc2c1C. The maximum absolute atomic E-state index is 11.6. The molecule has 2 aromatic heterocycles. The Morgan fingerprint density at radius 3 is 2.88 bits per heavy atom. The van der Waals surface area contributed by atoms with Crippen LogP contribution in [0.15, 0.2) is 11.1 Å². The van der Waals surface area contributed by atoms with Crippen LogP contribution in [0.1, 0.15) is 23.8 Å². The summed E-state index contributed by atoms with van der Waals surface area (Å²) in [6.07, 6.45) is 5.48. The highest BCUT2D eigenvalue weighted by Crippen LogP contribution is 2.33. The zero-order valence-electron chi connectivity index (χ0n) is 9.61. The Morgan fingerprint density at radius 1 is 1.50 bits per heavy atom. The van der Waals surface area contributed by atoms with E-state index in [1.165, 1.54) is 10.4 Å². The van der Waals surface area contributed by atoms with Crippen LogP contribution in [0.4, 0.5) is 0 Å². The highest BCUT2D eigenvalue weighted by Gasteiger charge is 2.14. The summed E-state index contributed by atoms with van der Waals surface area (Å²) >= 11 is 1.71. The van der Waals surface area contributed by atoms with Gasteiger partial charge in [-0.2, -0.15) is 5.10 Å². The molecule has 0 aliphatic heterocycles. The highest BCUT2D eigenvalue weighted by molar-refractivity contribution is 7.84. The van der Waals surface area contributed by atoms with Crippen molar-refractivity contribution in [3.63, 3.8) is 0 Å². The number of hydrogen-bond acceptors (Lipinski definition) is 4. The zero-order chi connectivity index (χ0) is 11.7. The number of rotatable bonds is 3. The molecule has 0 aliphatic carbocycles. The van der Waals surface area contributed by atoms with E-state index in [9.17, 15) is 4.21 Å². The number of aromatic nitrogens is 2. The molecule has 0 saturated heterocycles. The number of thiophene rings is 1. The molecule has 2 heterocycles. The van der Waals surface area contributed by atoms with Crippen LogP contribution in [0.3, 0.4) is 0 Å². The van der Waals surface area contributed by atoms with Gasteiger partial charge in [-0.05, 0) is 18.9 Å². The van der Waals surface area contributed by atoms with Crippen molar-refractivity contribution in [2.24, 2.45) is 0 Å². The predicted octanol–water partition coefficient (Wildman–Crippen LogP) is 2.69. The molecule has 2 aromatic rings. The molecule has 3 nitrogen and oxygen atoms in total. The van der Waals surface area contributed by atoms with Crippen molar-refractivity contribution in [3.05, 3.63) is 16.6 Å². The molecule has 16 heavy (non-hydrogen) atoms. The van der Waals surface area contributed by atoms with Crippen molar-refractivity contribution in [1.29, 1.82) is 0 Å². The summed E-state index contributed by atoms with van der Waals surface area (Å²) in [6.45, 7) is 4.23. The van der Waals surface area contributed by atoms with Crippen molar-refractivity contribution in [3.8, 4) is 0 Å². The standard InChI is InChI=1S/C11H14N2OS2/c1-4-5-8-7(2)10-11(15-8)9(16(3)14)6-12-13-10/h6H,4-5H2,1-3H3. The molecule has 1 atom stereocenters. The summed E-state index contributed by atoms with van der Waals surface area (Å²) < 4.78 is 12.6. The van der Waals surface area contributed by atoms with Crippen LogP contribution in [-0.2, 0) is 17.2 Å². The fourth-order valence-corrected chi connectivity index (χ4v) is 3.98. The lowest BCUT2D eigenvalue weighted by atomic mass is 10.2. The van der Waals surface area contributed by atoms with Gasteiger partial charge < -0.3 is 0 Å². The van der Waals surface area contributed by atoms with Crippen LogP contribution in [0.2, 0.25) is 0 Å². The molecule has 0 saturated carbocycles. The van der Waals surface area contributed by atoms with Gasteiger partial charge in [-0.3, -0.25) is 4.21 Å². The van der Waals surface area contributed by atoms with Gasteiger partial charge in [-0.25, -0.2) is 0 Å². The van der Waals surface area contributed by atoms with Crippen LogP contribution in [-0.4, -0.2) is 20.7 Å². The monoisotopic (exact) mass is 254 g/mol. The first kappa shape index (κ1) is 11.7. The molecule has 0 amide bonds. The minimum atomic E-state index is -0.994. The van der Waals surface area contributed by atoms with Gasteiger partial charge in [0.25, 0.3) is 0 Å². The van der Waals surface area contributed by atoms with Gasteiger partial charge in [-0.1, -0.05) is 13.3 Å². The van der Waals surface area contributed by atoms with E-state index in [1.54, 1.807) is 23.8 Å². The first-order chi connectivity index (χ1) is 7.65. The largest absolute Gasteiger partial charge is 0.255 e. The van der Waals surface area contributed by atoms with E-state index in [-0.39, 0.29) is 0 Å². The molecular formula is C11H14N2OS2. The molecule has 86 valence electrons. The lowest BCUT2D eigenvalue weighted by molar-refractivity contribution is 0.687. The third kappa shape index (κ3) is 1.89. The molecule has 0 N–H and O–H groups in total. The normalized spacial score (nSPS) is 13.2. The summed E-state index contributed by atoms with van der Waals surface area (Å²) in [4.78, 5) is 2.14. The van der Waals surface area contributed by atoms with E-state index in [2.05, 4.69) is 24.0 Å². The van der Waals surface area contributed by atoms with Crippen LogP contribution >= 0.6 is 11.3 Å². The average molecular weight is 254 g/mol. The van der Waals surface area contributed by atoms with Crippen molar-refractivity contribution in [2.45, 2.75) is 31.6 Å². The maximum atomic E-state index is 11.6. The fourth-order valence-electron chi connectivity index (χ4n) is 1.71. The lowest BCUT2D eigenvalue weighted by Crippen LogP contribution is -1.91. The van der Waals surface area contributed by atoms with Gasteiger partial charge in [0.2, 0.25) is 0 Å². The van der Waals surface area contributed by atoms with Gasteiger partial charge in [0.1, 0.15) is 5.52 Å². The summed E-state index contributed by atoms with van der Waals surface area (Å²) in [7, 11) is -0.994. The number of hydrogen-bond donors (Lipinski definition) is 0. The number of fused-ring (bicyclic) bond motifs is 1. The average Bonchev–Trinajstić information content (AvgIpc) is 2.57. The van der Waals surface area contributed by atoms with Gasteiger partial charge in [0.15, 0.2) is 0 Å². The summed E-state index contributed by atoms with van der Waals surface area (Å²) in [5.74, 6) is 0. The predicted molar refractivity (Wildman–Crippen MR) is 68.5 cm³/mol. The molecular weight excluding hydrogens is 240 g/mol. The van der Waals surface area contributed by atoms with Crippen molar-refractivity contribution in [1.82, 2.24) is 10.2 Å². The maximum Gasteiger partial charge on any atom is 0.108 e. The summed E-state index contributed by atoms with van der Waals surface area (Å²) in [6, 6.07) is 0. The first-order valence-corrected chi connectivity index (χ1v) is 7.59. The molecule has 0 fully saturated rings. The Kier molecular flexibility index (Phi) is 3.35. The van der Waals surface area contributed by atoms with E-state index >= 15 is 0 Å². The third-order valence-corrected chi connectivity index (χ3v) is 4.99. The second-order valence-corrected chi connectivity index (χ2v) is 6.19. The van der Waals surface area contributed by atoms with Crippen LogP contribution in [0.5, 0.6) is 0 Å². The minimum absolute atomic E-state index is 0.806. The Balaban J connectivity index is 2.70. The molecule has 0 aliphatic rings. The van der Waals surface area contributed by atoms with Crippen molar-refractivity contribution >= 4 is 32.4 Å². The molecule has 5 heteroatoms.